The highest BCUT2D eigenvalue weighted by Gasteiger charge is 2.45. The van der Waals surface area contributed by atoms with Crippen molar-refractivity contribution in [2.45, 2.75) is 42.9 Å². The van der Waals surface area contributed by atoms with Gasteiger partial charge in [-0.2, -0.15) is 0 Å². The highest BCUT2D eigenvalue weighted by atomic mass is 16.7. The number of hydrogen-bond acceptors (Lipinski definition) is 10. The van der Waals surface area contributed by atoms with Crippen LogP contribution in [0.4, 0.5) is 0 Å². The Hall–Kier alpha value is -1.50. The molecule has 1 aromatic carbocycles. The van der Waals surface area contributed by atoms with Gasteiger partial charge in [-0.05, 0) is 17.7 Å². The monoisotopic (exact) mass is 390 g/mol. The smallest absolute Gasteiger partial charge is 0.187 e. The Bertz CT molecular complexity index is 595. The highest BCUT2D eigenvalue weighted by molar-refractivity contribution is 5.43. The first kappa shape index (κ1) is 21.8. The molecule has 1 aliphatic heterocycles. The molecule has 10 nitrogen and oxygen atoms in total. The van der Waals surface area contributed by atoms with E-state index in [-0.39, 0.29) is 0 Å². The Morgan fingerprint density at radius 2 is 1.67 bits per heavy atom. The van der Waals surface area contributed by atoms with E-state index in [0.29, 0.717) is 17.1 Å². The predicted octanol–water partition coefficient (Wildman–Crippen LogP) is -2.09. The predicted molar refractivity (Wildman–Crippen MR) is 90.2 cm³/mol. The van der Waals surface area contributed by atoms with Crippen molar-refractivity contribution in [2.75, 3.05) is 27.4 Å². The van der Waals surface area contributed by atoms with Gasteiger partial charge in [-0.25, -0.2) is 0 Å². The third-order valence-electron chi connectivity index (χ3n) is 4.44. The van der Waals surface area contributed by atoms with E-state index in [1.165, 1.54) is 20.3 Å². The molecule has 27 heavy (non-hydrogen) atoms. The average Bonchev–Trinajstić information content (AvgIpc) is 2.70. The minimum absolute atomic E-state index is 0.344. The molecule has 7 atom stereocenters. The summed E-state index contributed by atoms with van der Waals surface area (Å²) in [5, 5.41) is 59.0. The summed E-state index contributed by atoms with van der Waals surface area (Å²) >= 11 is 0. The molecule has 1 saturated heterocycles. The van der Waals surface area contributed by atoms with Crippen molar-refractivity contribution in [1.82, 2.24) is 0 Å². The van der Waals surface area contributed by atoms with Crippen LogP contribution in [0.1, 0.15) is 11.7 Å². The van der Waals surface area contributed by atoms with Crippen LogP contribution in [0.15, 0.2) is 18.2 Å². The van der Waals surface area contributed by atoms with E-state index in [1.807, 2.05) is 0 Å². The summed E-state index contributed by atoms with van der Waals surface area (Å²) in [5.41, 5.74) is 0.344. The number of hydrogen-bond donors (Lipinski definition) is 6. The molecule has 7 unspecified atom stereocenters. The number of aliphatic hydroxyl groups excluding tert-OH is 6. The van der Waals surface area contributed by atoms with Gasteiger partial charge in [0.2, 0.25) is 0 Å². The number of aliphatic hydroxyl groups is 6. The Labute approximate surface area is 156 Å². The minimum Gasteiger partial charge on any atom is -0.493 e. The van der Waals surface area contributed by atoms with Crippen molar-refractivity contribution < 1.29 is 49.6 Å². The highest BCUT2D eigenvalue weighted by Crippen LogP contribution is 2.32. The van der Waals surface area contributed by atoms with E-state index in [1.54, 1.807) is 12.1 Å². The van der Waals surface area contributed by atoms with Crippen LogP contribution in [0.3, 0.4) is 0 Å². The largest absolute Gasteiger partial charge is 0.493 e. The van der Waals surface area contributed by atoms with Gasteiger partial charge in [0.05, 0.1) is 27.4 Å². The van der Waals surface area contributed by atoms with E-state index in [0.717, 1.165) is 0 Å². The van der Waals surface area contributed by atoms with E-state index in [4.69, 9.17) is 18.9 Å². The Morgan fingerprint density at radius 3 is 2.22 bits per heavy atom. The van der Waals surface area contributed by atoms with Crippen LogP contribution in [0.25, 0.3) is 0 Å². The molecule has 0 radical (unpaired) electrons. The van der Waals surface area contributed by atoms with Crippen LogP contribution in [0.5, 0.6) is 11.5 Å². The summed E-state index contributed by atoms with van der Waals surface area (Å²) in [6.45, 7) is -1.25. The molecule has 1 aliphatic rings. The molecule has 0 saturated carbocycles. The molecular formula is C17H26O10. The van der Waals surface area contributed by atoms with Gasteiger partial charge in [0.1, 0.15) is 36.6 Å². The second kappa shape index (κ2) is 9.62. The van der Waals surface area contributed by atoms with Crippen molar-refractivity contribution in [1.29, 1.82) is 0 Å². The van der Waals surface area contributed by atoms with Gasteiger partial charge in [-0.3, -0.25) is 0 Å². The quantitative estimate of drug-likeness (QED) is 0.291. The SMILES string of the molecule is COc1ccc(C(O)C(CO)OC2OC(CO)C(O)C(O)C2O)cc1OC. The van der Waals surface area contributed by atoms with E-state index in [2.05, 4.69) is 0 Å². The minimum atomic E-state index is -1.64. The second-order valence-electron chi connectivity index (χ2n) is 6.11. The number of ether oxygens (including phenoxy) is 4. The molecule has 0 aromatic heterocycles. The topological polar surface area (TPSA) is 158 Å². The van der Waals surface area contributed by atoms with Crippen LogP contribution < -0.4 is 9.47 Å². The summed E-state index contributed by atoms with van der Waals surface area (Å²) in [6.07, 6.45) is -10.0. The molecule has 6 N–H and O–H groups in total. The van der Waals surface area contributed by atoms with Crippen molar-refractivity contribution >= 4 is 0 Å². The molecular weight excluding hydrogens is 364 g/mol. The Balaban J connectivity index is 2.16. The van der Waals surface area contributed by atoms with E-state index in [9.17, 15) is 30.6 Å². The first-order valence-electron chi connectivity index (χ1n) is 8.34. The van der Waals surface area contributed by atoms with E-state index >= 15 is 0 Å². The van der Waals surface area contributed by atoms with Gasteiger partial charge < -0.3 is 49.6 Å². The third-order valence-corrected chi connectivity index (χ3v) is 4.44. The van der Waals surface area contributed by atoms with Crippen molar-refractivity contribution in [3.8, 4) is 11.5 Å². The fourth-order valence-electron chi connectivity index (χ4n) is 2.82. The van der Waals surface area contributed by atoms with Crippen molar-refractivity contribution in [3.05, 3.63) is 23.8 Å². The molecule has 154 valence electrons. The van der Waals surface area contributed by atoms with E-state index < -0.39 is 56.1 Å². The number of methoxy groups -OCH3 is 2. The molecule has 0 amide bonds. The summed E-state index contributed by atoms with van der Waals surface area (Å²) in [7, 11) is 2.90. The van der Waals surface area contributed by atoms with Crippen LogP contribution in [-0.4, -0.2) is 94.9 Å². The zero-order valence-electron chi connectivity index (χ0n) is 15.0. The third kappa shape index (κ3) is 4.68. The maximum absolute atomic E-state index is 10.5. The van der Waals surface area contributed by atoms with Crippen LogP contribution in [-0.2, 0) is 9.47 Å². The second-order valence-corrected chi connectivity index (χ2v) is 6.11. The molecule has 1 aromatic rings. The molecule has 1 fully saturated rings. The normalized spacial score (nSPS) is 30.6. The van der Waals surface area contributed by atoms with Crippen LogP contribution in [0.2, 0.25) is 0 Å². The lowest BCUT2D eigenvalue weighted by Gasteiger charge is -2.41. The maximum Gasteiger partial charge on any atom is 0.187 e. The van der Waals surface area contributed by atoms with Gasteiger partial charge in [0.15, 0.2) is 17.8 Å². The van der Waals surface area contributed by atoms with Crippen molar-refractivity contribution in [2.24, 2.45) is 0 Å². The fourth-order valence-corrected chi connectivity index (χ4v) is 2.82. The molecule has 1 heterocycles. The average molecular weight is 390 g/mol. The molecule has 2 rings (SSSR count). The van der Waals surface area contributed by atoms with Gasteiger partial charge in [-0.1, -0.05) is 6.07 Å². The molecule has 0 bridgehead atoms. The number of rotatable bonds is 8. The van der Waals surface area contributed by atoms with Gasteiger partial charge in [0, 0.05) is 0 Å². The van der Waals surface area contributed by atoms with Crippen LogP contribution in [0, 0.1) is 0 Å². The first-order valence-corrected chi connectivity index (χ1v) is 8.34. The summed E-state index contributed by atoms with van der Waals surface area (Å²) in [6, 6.07) is 4.62. The maximum atomic E-state index is 10.5. The summed E-state index contributed by atoms with van der Waals surface area (Å²) in [5.74, 6) is 0.808. The summed E-state index contributed by atoms with van der Waals surface area (Å²) in [4.78, 5) is 0. The standard InChI is InChI=1S/C17H26O10/c1-24-9-4-3-8(5-10(9)25-2)13(20)11(6-18)26-17-16(23)15(22)14(21)12(7-19)27-17/h3-5,11-23H,6-7H2,1-2H3. The lowest BCUT2D eigenvalue weighted by molar-refractivity contribution is -0.319. The molecule has 0 spiro atoms. The lowest BCUT2D eigenvalue weighted by Crippen LogP contribution is -2.60. The lowest BCUT2D eigenvalue weighted by atomic mass is 9.99. The van der Waals surface area contributed by atoms with Crippen molar-refractivity contribution in [3.63, 3.8) is 0 Å². The van der Waals surface area contributed by atoms with Gasteiger partial charge in [0.25, 0.3) is 0 Å². The molecule has 0 aliphatic carbocycles. The number of benzene rings is 1. The van der Waals surface area contributed by atoms with Crippen LogP contribution >= 0.6 is 0 Å². The zero-order valence-corrected chi connectivity index (χ0v) is 15.0. The molecule has 10 heteroatoms. The Morgan fingerprint density at radius 1 is 1.00 bits per heavy atom. The van der Waals surface area contributed by atoms with Gasteiger partial charge >= 0.3 is 0 Å². The van der Waals surface area contributed by atoms with Gasteiger partial charge in [-0.15, -0.1) is 0 Å². The Kier molecular flexibility index (Phi) is 7.77. The summed E-state index contributed by atoms with van der Waals surface area (Å²) < 4.78 is 20.9. The zero-order chi connectivity index (χ0) is 20.1. The fraction of sp³-hybridized carbons (Fsp3) is 0.647. The first-order chi connectivity index (χ1) is 12.9.